The third kappa shape index (κ3) is 6.16. The number of rotatable bonds is 5. The van der Waals surface area contributed by atoms with Crippen LogP contribution in [0.15, 0.2) is 91.0 Å². The molecular formula is C26H21ClN2O7. The average Bonchev–Trinajstić information content (AvgIpc) is 2.85. The van der Waals surface area contributed by atoms with Gasteiger partial charge in [-0.1, -0.05) is 78.9 Å². The third-order valence-electron chi connectivity index (χ3n) is 5.47. The van der Waals surface area contributed by atoms with Crippen molar-refractivity contribution in [3.8, 4) is 22.4 Å². The highest BCUT2D eigenvalue weighted by Crippen LogP contribution is 2.40. The summed E-state index contributed by atoms with van der Waals surface area (Å²) in [7, 11) is -3.18. The molecule has 4 aromatic rings. The van der Waals surface area contributed by atoms with Gasteiger partial charge in [-0.15, -0.1) is 10.2 Å². The second kappa shape index (κ2) is 11.2. The topological polar surface area (TPSA) is 156 Å². The Balaban J connectivity index is 0.000000658. The van der Waals surface area contributed by atoms with Gasteiger partial charge in [0.25, 0.3) is 5.69 Å². The molecular weight excluding hydrogens is 488 g/mol. The molecule has 0 spiro atoms. The summed E-state index contributed by atoms with van der Waals surface area (Å²) >= 11 is 0. The molecule has 0 amide bonds. The summed E-state index contributed by atoms with van der Waals surface area (Å²) in [6.45, 7) is 1.83. The number of halogens is 1. The molecule has 1 aromatic heterocycles. The van der Waals surface area contributed by atoms with Gasteiger partial charge in [-0.3, -0.25) is 14.9 Å². The highest BCUT2D eigenvalue weighted by Gasteiger charge is 2.38. The molecule has 0 unspecified atom stereocenters. The van der Waals surface area contributed by atoms with E-state index in [1.54, 1.807) is 48.0 Å². The smallest absolute Gasteiger partial charge is 0.288 e. The molecule has 10 heteroatoms. The van der Waals surface area contributed by atoms with E-state index in [0.29, 0.717) is 33.6 Å². The fourth-order valence-electron chi connectivity index (χ4n) is 3.91. The van der Waals surface area contributed by atoms with Crippen LogP contribution in [-0.4, -0.2) is 10.7 Å². The Kier molecular flexibility index (Phi) is 8.25. The van der Waals surface area contributed by atoms with Gasteiger partial charge in [-0.25, -0.2) is 18.6 Å². The lowest BCUT2D eigenvalue weighted by molar-refractivity contribution is -2.00. The minimum atomic E-state index is -4.94. The Bertz CT molecular complexity index is 1370. The van der Waals surface area contributed by atoms with E-state index >= 15 is 0 Å². The number of nitrogens with zero attached hydrogens (tertiary/aromatic N) is 2. The van der Waals surface area contributed by atoms with Crippen molar-refractivity contribution in [2.75, 3.05) is 0 Å². The SMILES string of the molecule is Cc1c(C(=O)c2ccccc2)c(-c2ccccc2)c([N+](=O)[O-])c(-c2ccccc2)[n+]1C.[O-][Cl+3]([O-])([O-])[O-]. The maximum absolute atomic E-state index is 13.6. The van der Waals surface area contributed by atoms with E-state index in [2.05, 4.69) is 0 Å². The second-order valence-corrected chi connectivity index (χ2v) is 8.41. The van der Waals surface area contributed by atoms with E-state index in [0.717, 1.165) is 5.56 Å². The van der Waals surface area contributed by atoms with Gasteiger partial charge in [0.15, 0.2) is 11.5 Å². The minimum absolute atomic E-state index is 0.0789. The molecule has 4 rings (SSSR count). The fraction of sp³-hybridized carbons (Fsp3) is 0.0769. The molecule has 0 atom stereocenters. The lowest BCUT2D eigenvalue weighted by atomic mass is 9.89. The van der Waals surface area contributed by atoms with Gasteiger partial charge in [0, 0.05) is 12.5 Å². The van der Waals surface area contributed by atoms with Crippen LogP contribution >= 0.6 is 0 Å². The van der Waals surface area contributed by atoms with Crippen LogP contribution in [0.1, 0.15) is 21.6 Å². The second-order valence-electron chi connectivity index (χ2n) is 7.65. The predicted octanol–water partition coefficient (Wildman–Crippen LogP) is 0.537. The van der Waals surface area contributed by atoms with Gasteiger partial charge in [0.05, 0.1) is 16.1 Å². The summed E-state index contributed by atoms with van der Waals surface area (Å²) in [6.07, 6.45) is 0. The Labute approximate surface area is 209 Å². The van der Waals surface area contributed by atoms with Crippen LogP contribution in [0.3, 0.4) is 0 Å². The fourth-order valence-corrected chi connectivity index (χ4v) is 3.91. The Morgan fingerprint density at radius 3 is 1.64 bits per heavy atom. The van der Waals surface area contributed by atoms with E-state index in [9.17, 15) is 14.9 Å². The molecule has 0 saturated carbocycles. The standard InChI is InChI=1S/C26H21N2O3.ClHO4/c1-18-22(26(29)21-16-10-5-11-17-21)23(19-12-6-3-7-13-19)25(28(30)31)24(27(18)2)20-14-8-4-9-15-20;2-1(3,4)5/h3-17H,1-2H3;(H,2,3,4,5)/q+1;/p-1. The Morgan fingerprint density at radius 2 is 1.19 bits per heavy atom. The zero-order chi connectivity index (χ0) is 26.5. The molecule has 1 heterocycles. The number of pyridine rings is 1. The monoisotopic (exact) mass is 508 g/mol. The first-order valence-electron chi connectivity index (χ1n) is 10.5. The summed E-state index contributed by atoms with van der Waals surface area (Å²) in [6, 6.07) is 27.2. The molecule has 0 fully saturated rings. The van der Waals surface area contributed by atoms with E-state index in [1.165, 1.54) is 0 Å². The zero-order valence-corrected chi connectivity index (χ0v) is 20.0. The van der Waals surface area contributed by atoms with Gasteiger partial charge in [0.1, 0.15) is 12.6 Å². The molecule has 0 aliphatic rings. The lowest BCUT2D eigenvalue weighted by Crippen LogP contribution is -2.68. The maximum Gasteiger partial charge on any atom is 0.349 e. The van der Waals surface area contributed by atoms with E-state index in [-0.39, 0.29) is 16.4 Å². The van der Waals surface area contributed by atoms with Gasteiger partial charge in [-0.2, -0.15) is 4.57 Å². The summed E-state index contributed by atoms with van der Waals surface area (Å²) < 4.78 is 35.7. The van der Waals surface area contributed by atoms with E-state index in [1.807, 2.05) is 61.5 Å². The van der Waals surface area contributed by atoms with E-state index < -0.39 is 10.2 Å². The van der Waals surface area contributed by atoms with Crippen molar-refractivity contribution in [3.63, 3.8) is 0 Å². The van der Waals surface area contributed by atoms with Crippen LogP contribution in [-0.2, 0) is 7.05 Å². The van der Waals surface area contributed by atoms with E-state index in [4.69, 9.17) is 18.6 Å². The molecule has 3 aromatic carbocycles. The number of carbonyl (C=O) groups excluding carboxylic acids is 1. The molecule has 0 N–H and O–H groups in total. The highest BCUT2D eigenvalue weighted by molar-refractivity contribution is 6.15. The number of hydrogen-bond donors (Lipinski definition) is 0. The number of benzene rings is 3. The lowest BCUT2D eigenvalue weighted by Gasteiger charge is -2.17. The first kappa shape index (κ1) is 26.6. The van der Waals surface area contributed by atoms with Crippen molar-refractivity contribution < 1.29 is 43.2 Å². The van der Waals surface area contributed by atoms with Crippen LogP contribution in [0.2, 0.25) is 0 Å². The summed E-state index contributed by atoms with van der Waals surface area (Å²) in [4.78, 5) is 25.7. The normalized spacial score (nSPS) is 10.8. The molecule has 0 aliphatic heterocycles. The van der Waals surface area contributed by atoms with Crippen molar-refractivity contribution in [2.45, 2.75) is 6.92 Å². The van der Waals surface area contributed by atoms with Crippen LogP contribution in [0.25, 0.3) is 22.4 Å². The summed E-state index contributed by atoms with van der Waals surface area (Å²) in [5.41, 5.74) is 3.57. The quantitative estimate of drug-likeness (QED) is 0.165. The minimum Gasteiger partial charge on any atom is -0.288 e. The highest BCUT2D eigenvalue weighted by atomic mass is 35.7. The number of ketones is 1. The largest absolute Gasteiger partial charge is 0.349 e. The van der Waals surface area contributed by atoms with Crippen LogP contribution < -0.4 is 23.2 Å². The molecule has 0 aliphatic carbocycles. The number of carbonyl (C=O) groups is 1. The summed E-state index contributed by atoms with van der Waals surface area (Å²) in [5.74, 6) is -0.240. The molecule has 0 saturated heterocycles. The molecule has 184 valence electrons. The first-order valence-corrected chi connectivity index (χ1v) is 11.8. The van der Waals surface area contributed by atoms with Crippen molar-refractivity contribution >= 4 is 11.5 Å². The number of nitro groups is 1. The van der Waals surface area contributed by atoms with Gasteiger partial charge in [0.2, 0.25) is 0 Å². The van der Waals surface area contributed by atoms with Crippen molar-refractivity contribution in [1.29, 1.82) is 0 Å². The Hall–Kier alpha value is -3.99. The molecule has 9 nitrogen and oxygen atoms in total. The number of aromatic nitrogens is 1. The van der Waals surface area contributed by atoms with Crippen molar-refractivity contribution in [1.82, 2.24) is 0 Å². The van der Waals surface area contributed by atoms with Crippen LogP contribution in [0.4, 0.5) is 5.69 Å². The molecule has 36 heavy (non-hydrogen) atoms. The predicted molar refractivity (Wildman–Crippen MR) is 120 cm³/mol. The number of hydrogen-bond acceptors (Lipinski definition) is 7. The Morgan fingerprint density at radius 1 is 0.778 bits per heavy atom. The molecule has 0 bridgehead atoms. The van der Waals surface area contributed by atoms with Gasteiger partial charge in [-0.05, 0) is 17.7 Å². The zero-order valence-electron chi connectivity index (χ0n) is 19.3. The van der Waals surface area contributed by atoms with Crippen LogP contribution in [0, 0.1) is 27.3 Å². The van der Waals surface area contributed by atoms with Crippen LogP contribution in [0.5, 0.6) is 0 Å². The summed E-state index contributed by atoms with van der Waals surface area (Å²) in [5, 5.41) is 12.4. The van der Waals surface area contributed by atoms with Crippen molar-refractivity contribution in [3.05, 3.63) is 118 Å². The van der Waals surface area contributed by atoms with Gasteiger partial charge < -0.3 is 0 Å². The first-order chi connectivity index (χ1) is 17.0. The third-order valence-corrected chi connectivity index (χ3v) is 5.47. The maximum atomic E-state index is 13.6. The average molecular weight is 509 g/mol. The molecule has 0 radical (unpaired) electrons. The van der Waals surface area contributed by atoms with Gasteiger partial charge >= 0.3 is 5.69 Å². The van der Waals surface area contributed by atoms with Crippen molar-refractivity contribution in [2.24, 2.45) is 7.05 Å².